The van der Waals surface area contributed by atoms with Gasteiger partial charge in [0.2, 0.25) is 0 Å². The van der Waals surface area contributed by atoms with Gasteiger partial charge in [-0.1, -0.05) is 20.8 Å². The van der Waals surface area contributed by atoms with E-state index in [-0.39, 0.29) is 0 Å². The van der Waals surface area contributed by atoms with E-state index in [1.807, 2.05) is 0 Å². The Morgan fingerprint density at radius 2 is 2.06 bits per heavy atom. The molecule has 0 saturated carbocycles. The lowest BCUT2D eigenvalue weighted by molar-refractivity contribution is 0.0804. The van der Waals surface area contributed by atoms with Crippen LogP contribution in [0, 0.1) is 5.41 Å². The molecule has 0 radical (unpaired) electrons. The van der Waals surface area contributed by atoms with Gasteiger partial charge in [0.25, 0.3) is 0 Å². The van der Waals surface area contributed by atoms with Crippen LogP contribution in [0.5, 0.6) is 0 Å². The zero-order valence-electron chi connectivity index (χ0n) is 12.4. The first-order valence-electron chi connectivity index (χ1n) is 7.50. The summed E-state index contributed by atoms with van der Waals surface area (Å²) in [6.07, 6.45) is 6.68. The van der Waals surface area contributed by atoms with Gasteiger partial charge in [0.05, 0.1) is 0 Å². The molecule has 0 aromatic heterocycles. The Bertz CT molecular complexity index is 201. The highest BCUT2D eigenvalue weighted by molar-refractivity contribution is 4.82. The molecule has 1 rings (SSSR count). The topological polar surface area (TPSA) is 15.3 Å². The predicted octanol–water partition coefficient (Wildman–Crippen LogP) is 3.28. The van der Waals surface area contributed by atoms with E-state index in [9.17, 15) is 0 Å². The average molecular weight is 240 g/mol. The summed E-state index contributed by atoms with van der Waals surface area (Å²) in [6.45, 7) is 14.4. The number of rotatable bonds is 7. The number of nitrogens with one attached hydrogen (secondary N) is 1. The maximum absolute atomic E-state index is 3.49. The number of nitrogens with zero attached hydrogens (tertiary/aromatic N) is 1. The van der Waals surface area contributed by atoms with Gasteiger partial charge >= 0.3 is 0 Å². The van der Waals surface area contributed by atoms with Crippen molar-refractivity contribution in [2.75, 3.05) is 26.2 Å². The molecule has 1 aliphatic heterocycles. The van der Waals surface area contributed by atoms with Crippen LogP contribution in [0.1, 0.15) is 59.8 Å². The Hall–Kier alpha value is -0.0800. The molecule has 1 fully saturated rings. The third kappa shape index (κ3) is 5.87. The predicted molar refractivity (Wildman–Crippen MR) is 76.4 cm³/mol. The fourth-order valence-electron chi connectivity index (χ4n) is 2.85. The Kier molecular flexibility index (Phi) is 6.50. The molecule has 2 heteroatoms. The molecule has 0 aliphatic carbocycles. The first-order valence-corrected chi connectivity index (χ1v) is 7.50. The van der Waals surface area contributed by atoms with Gasteiger partial charge in [-0.15, -0.1) is 0 Å². The SMILES string of the molecule is CCCNCCCC(C)N1CCCC(C)(C)C1. The summed E-state index contributed by atoms with van der Waals surface area (Å²) in [7, 11) is 0. The fourth-order valence-corrected chi connectivity index (χ4v) is 2.85. The van der Waals surface area contributed by atoms with E-state index in [1.165, 1.54) is 58.3 Å². The second-order valence-electron chi connectivity index (χ2n) is 6.48. The molecule has 0 bridgehead atoms. The largest absolute Gasteiger partial charge is 0.317 e. The maximum Gasteiger partial charge on any atom is 0.00676 e. The molecule has 17 heavy (non-hydrogen) atoms. The van der Waals surface area contributed by atoms with E-state index in [2.05, 4.69) is 37.9 Å². The highest BCUT2D eigenvalue weighted by atomic mass is 15.2. The molecule has 0 amide bonds. The van der Waals surface area contributed by atoms with Crippen molar-refractivity contribution in [1.82, 2.24) is 10.2 Å². The minimum atomic E-state index is 0.535. The lowest BCUT2D eigenvalue weighted by Crippen LogP contribution is -2.44. The van der Waals surface area contributed by atoms with Gasteiger partial charge in [-0.3, -0.25) is 0 Å². The Balaban J connectivity index is 2.16. The van der Waals surface area contributed by atoms with Crippen LogP contribution in [-0.2, 0) is 0 Å². The molecule has 1 saturated heterocycles. The molecule has 2 nitrogen and oxygen atoms in total. The van der Waals surface area contributed by atoms with Crippen molar-refractivity contribution in [3.05, 3.63) is 0 Å². The van der Waals surface area contributed by atoms with E-state index in [4.69, 9.17) is 0 Å². The monoisotopic (exact) mass is 240 g/mol. The molecular weight excluding hydrogens is 208 g/mol. The van der Waals surface area contributed by atoms with Crippen LogP contribution in [0.2, 0.25) is 0 Å². The summed E-state index contributed by atoms with van der Waals surface area (Å²) in [5, 5.41) is 3.49. The van der Waals surface area contributed by atoms with Gasteiger partial charge in [0.15, 0.2) is 0 Å². The number of hydrogen-bond acceptors (Lipinski definition) is 2. The summed E-state index contributed by atoms with van der Waals surface area (Å²) in [5.41, 5.74) is 0.535. The third-order valence-corrected chi connectivity index (χ3v) is 3.96. The molecule has 0 spiro atoms. The molecule has 102 valence electrons. The normalized spacial score (nSPS) is 22.6. The molecule has 1 N–H and O–H groups in total. The van der Waals surface area contributed by atoms with Gasteiger partial charge in [-0.25, -0.2) is 0 Å². The highest BCUT2D eigenvalue weighted by Crippen LogP contribution is 2.29. The summed E-state index contributed by atoms with van der Waals surface area (Å²) in [5.74, 6) is 0. The fraction of sp³-hybridized carbons (Fsp3) is 1.00. The van der Waals surface area contributed by atoms with Crippen LogP contribution in [0.3, 0.4) is 0 Å². The van der Waals surface area contributed by atoms with Crippen LogP contribution >= 0.6 is 0 Å². The lowest BCUT2D eigenvalue weighted by Gasteiger charge is -2.41. The van der Waals surface area contributed by atoms with Crippen molar-refractivity contribution in [3.8, 4) is 0 Å². The van der Waals surface area contributed by atoms with E-state index in [0.29, 0.717) is 5.41 Å². The van der Waals surface area contributed by atoms with Crippen LogP contribution in [0.15, 0.2) is 0 Å². The zero-order chi connectivity index (χ0) is 12.7. The molecule has 1 atom stereocenters. The molecule has 1 unspecified atom stereocenters. The highest BCUT2D eigenvalue weighted by Gasteiger charge is 2.28. The average Bonchev–Trinajstić information content (AvgIpc) is 2.27. The Labute approximate surface area is 108 Å². The second kappa shape index (κ2) is 7.38. The summed E-state index contributed by atoms with van der Waals surface area (Å²) >= 11 is 0. The van der Waals surface area contributed by atoms with E-state index < -0.39 is 0 Å². The zero-order valence-corrected chi connectivity index (χ0v) is 12.4. The first-order chi connectivity index (χ1) is 8.05. The molecule has 1 heterocycles. The minimum Gasteiger partial charge on any atom is -0.317 e. The van der Waals surface area contributed by atoms with Crippen molar-refractivity contribution >= 4 is 0 Å². The molecule has 1 aliphatic rings. The van der Waals surface area contributed by atoms with Crippen LogP contribution in [0.25, 0.3) is 0 Å². The molecule has 0 aromatic rings. The van der Waals surface area contributed by atoms with Gasteiger partial charge in [0.1, 0.15) is 0 Å². The van der Waals surface area contributed by atoms with Gasteiger partial charge in [-0.2, -0.15) is 0 Å². The number of likely N-dealkylation sites (tertiary alicyclic amines) is 1. The van der Waals surface area contributed by atoms with Crippen molar-refractivity contribution in [2.24, 2.45) is 5.41 Å². The molecular formula is C15H32N2. The third-order valence-electron chi connectivity index (χ3n) is 3.96. The summed E-state index contributed by atoms with van der Waals surface area (Å²) in [6, 6.07) is 0.762. The van der Waals surface area contributed by atoms with E-state index >= 15 is 0 Å². The van der Waals surface area contributed by atoms with E-state index in [0.717, 1.165) is 6.04 Å². The lowest BCUT2D eigenvalue weighted by atomic mass is 9.83. The van der Waals surface area contributed by atoms with E-state index in [1.54, 1.807) is 0 Å². The van der Waals surface area contributed by atoms with Gasteiger partial charge in [-0.05, 0) is 64.1 Å². The summed E-state index contributed by atoms with van der Waals surface area (Å²) < 4.78 is 0. The minimum absolute atomic E-state index is 0.535. The number of piperidine rings is 1. The summed E-state index contributed by atoms with van der Waals surface area (Å²) in [4.78, 5) is 2.70. The van der Waals surface area contributed by atoms with Gasteiger partial charge < -0.3 is 10.2 Å². The molecule has 0 aromatic carbocycles. The first kappa shape index (κ1) is 15.0. The quantitative estimate of drug-likeness (QED) is 0.687. The van der Waals surface area contributed by atoms with Crippen molar-refractivity contribution in [3.63, 3.8) is 0 Å². The van der Waals surface area contributed by atoms with Crippen LogP contribution in [-0.4, -0.2) is 37.1 Å². The van der Waals surface area contributed by atoms with Crippen molar-refractivity contribution < 1.29 is 0 Å². The van der Waals surface area contributed by atoms with Gasteiger partial charge in [0, 0.05) is 12.6 Å². The smallest absolute Gasteiger partial charge is 0.00676 e. The van der Waals surface area contributed by atoms with Crippen molar-refractivity contribution in [2.45, 2.75) is 65.8 Å². The Morgan fingerprint density at radius 1 is 1.29 bits per heavy atom. The maximum atomic E-state index is 3.49. The standard InChI is InChI=1S/C15H32N2/c1-5-10-16-11-6-8-14(2)17-12-7-9-15(3,4)13-17/h14,16H,5-13H2,1-4H3. The van der Waals surface area contributed by atoms with Crippen LogP contribution < -0.4 is 5.32 Å². The number of hydrogen-bond donors (Lipinski definition) is 1. The van der Waals surface area contributed by atoms with Crippen molar-refractivity contribution in [1.29, 1.82) is 0 Å². The van der Waals surface area contributed by atoms with Crippen LogP contribution in [0.4, 0.5) is 0 Å². The Morgan fingerprint density at radius 3 is 2.71 bits per heavy atom. The second-order valence-corrected chi connectivity index (χ2v) is 6.48.